The summed E-state index contributed by atoms with van der Waals surface area (Å²) >= 11 is 0. The lowest BCUT2D eigenvalue weighted by molar-refractivity contribution is -0.134. The molecule has 1 aliphatic heterocycles. The number of aromatic hydroxyl groups is 2. The smallest absolute Gasteiger partial charge is 0.304 e. The molecule has 4 rings (SSSR count). The molecule has 3 aromatic carbocycles. The molecule has 3 aromatic rings. The van der Waals surface area contributed by atoms with Crippen molar-refractivity contribution in [3.05, 3.63) is 72.3 Å². The minimum atomic E-state index is -0.737. The SMILES string of the molecule is CC(=O)C(C)=O.O=C1C(=O)N(c2ccccc2O)c2cccc(-c3ccccc3O)c21. The van der Waals surface area contributed by atoms with Crippen LogP contribution in [-0.2, 0) is 14.4 Å². The van der Waals surface area contributed by atoms with Gasteiger partial charge in [-0.15, -0.1) is 0 Å². The number of hydrogen-bond acceptors (Lipinski definition) is 6. The number of amides is 1. The Morgan fingerprint density at radius 1 is 0.677 bits per heavy atom. The standard InChI is InChI=1S/C20H13NO4.C4H6O2/c22-16-10-3-1-6-12(16)13-7-5-9-15-18(13)19(24)20(25)21(15)14-8-2-4-11-17(14)23;1-3(5)4(2)6/h1-11,22-23H;1-2H3. The van der Waals surface area contributed by atoms with E-state index in [0.717, 1.165) is 0 Å². The van der Waals surface area contributed by atoms with Crippen molar-refractivity contribution in [3.63, 3.8) is 0 Å². The molecule has 7 nitrogen and oxygen atoms in total. The number of carbonyl (C=O) groups is 4. The van der Waals surface area contributed by atoms with Gasteiger partial charge in [0, 0.05) is 19.4 Å². The fraction of sp³-hybridized carbons (Fsp3) is 0.0833. The topological polar surface area (TPSA) is 112 Å². The van der Waals surface area contributed by atoms with Gasteiger partial charge in [-0.2, -0.15) is 0 Å². The highest BCUT2D eigenvalue weighted by Crippen LogP contribution is 2.44. The third kappa shape index (κ3) is 4.06. The molecule has 0 aromatic heterocycles. The number of phenols is 2. The van der Waals surface area contributed by atoms with E-state index in [-0.39, 0.29) is 34.3 Å². The Labute approximate surface area is 178 Å². The van der Waals surface area contributed by atoms with Gasteiger partial charge in [-0.3, -0.25) is 24.1 Å². The minimum Gasteiger partial charge on any atom is -0.507 e. The summed E-state index contributed by atoms with van der Waals surface area (Å²) < 4.78 is 0. The first-order valence-electron chi connectivity index (χ1n) is 9.33. The van der Waals surface area contributed by atoms with Gasteiger partial charge in [0.05, 0.1) is 16.9 Å². The van der Waals surface area contributed by atoms with Gasteiger partial charge in [0.2, 0.25) is 0 Å². The van der Waals surface area contributed by atoms with Crippen molar-refractivity contribution in [1.82, 2.24) is 0 Å². The van der Waals surface area contributed by atoms with Crippen LogP contribution in [-0.4, -0.2) is 33.5 Å². The zero-order chi connectivity index (χ0) is 22.7. The number of carbonyl (C=O) groups excluding carboxylic acids is 4. The first-order valence-corrected chi connectivity index (χ1v) is 9.33. The van der Waals surface area contributed by atoms with Crippen molar-refractivity contribution < 1.29 is 29.4 Å². The van der Waals surface area contributed by atoms with Crippen LogP contribution in [0.15, 0.2) is 66.7 Å². The second-order valence-corrected chi connectivity index (χ2v) is 6.79. The third-order valence-electron chi connectivity index (χ3n) is 4.72. The van der Waals surface area contributed by atoms with E-state index in [1.807, 2.05) is 0 Å². The predicted octanol–water partition coefficient (Wildman–Crippen LogP) is 3.79. The number of benzene rings is 3. The van der Waals surface area contributed by atoms with E-state index in [1.165, 1.54) is 30.9 Å². The summed E-state index contributed by atoms with van der Waals surface area (Å²) in [6.07, 6.45) is 0. The van der Waals surface area contributed by atoms with Crippen LogP contribution < -0.4 is 4.90 Å². The van der Waals surface area contributed by atoms with Gasteiger partial charge in [-0.1, -0.05) is 42.5 Å². The zero-order valence-corrected chi connectivity index (χ0v) is 16.8. The molecule has 1 amide bonds. The molecule has 0 aliphatic carbocycles. The van der Waals surface area contributed by atoms with E-state index in [1.54, 1.807) is 54.6 Å². The molecule has 0 fully saturated rings. The van der Waals surface area contributed by atoms with Crippen molar-refractivity contribution in [1.29, 1.82) is 0 Å². The van der Waals surface area contributed by atoms with Crippen LogP contribution in [0, 0.1) is 0 Å². The molecule has 0 bridgehead atoms. The van der Waals surface area contributed by atoms with Crippen molar-refractivity contribution in [3.8, 4) is 22.6 Å². The lowest BCUT2D eigenvalue weighted by atomic mass is 9.96. The molecular formula is C24H19NO6. The molecule has 0 spiro atoms. The third-order valence-corrected chi connectivity index (χ3v) is 4.72. The Morgan fingerprint density at radius 2 is 1.19 bits per heavy atom. The number of para-hydroxylation sites is 3. The van der Waals surface area contributed by atoms with Crippen LogP contribution in [0.2, 0.25) is 0 Å². The van der Waals surface area contributed by atoms with Crippen LogP contribution in [0.4, 0.5) is 11.4 Å². The molecule has 0 atom stereocenters. The maximum Gasteiger partial charge on any atom is 0.304 e. The summed E-state index contributed by atoms with van der Waals surface area (Å²) in [5, 5.41) is 20.2. The van der Waals surface area contributed by atoms with Crippen LogP contribution in [0.25, 0.3) is 11.1 Å². The highest BCUT2D eigenvalue weighted by Gasteiger charge is 2.39. The number of ketones is 3. The molecule has 0 unspecified atom stereocenters. The Kier molecular flexibility index (Phi) is 5.97. The molecule has 1 aliphatic rings. The molecule has 31 heavy (non-hydrogen) atoms. The predicted molar refractivity (Wildman–Crippen MR) is 114 cm³/mol. The Morgan fingerprint density at radius 3 is 1.77 bits per heavy atom. The average Bonchev–Trinajstić information content (AvgIpc) is 3.00. The molecule has 1 heterocycles. The Balaban J connectivity index is 0.000000401. The van der Waals surface area contributed by atoms with E-state index >= 15 is 0 Å². The van der Waals surface area contributed by atoms with Gasteiger partial charge in [0.25, 0.3) is 5.78 Å². The highest BCUT2D eigenvalue weighted by molar-refractivity contribution is 6.55. The van der Waals surface area contributed by atoms with Crippen LogP contribution in [0.5, 0.6) is 11.5 Å². The summed E-state index contributed by atoms with van der Waals surface area (Å²) in [6, 6.07) is 18.0. The average molecular weight is 417 g/mol. The molecular weight excluding hydrogens is 398 g/mol. The molecule has 2 N–H and O–H groups in total. The lowest BCUT2D eigenvalue weighted by Crippen LogP contribution is -2.24. The summed E-state index contributed by atoms with van der Waals surface area (Å²) in [7, 11) is 0. The maximum atomic E-state index is 12.6. The van der Waals surface area contributed by atoms with Gasteiger partial charge < -0.3 is 10.2 Å². The van der Waals surface area contributed by atoms with E-state index in [9.17, 15) is 29.4 Å². The second-order valence-electron chi connectivity index (χ2n) is 6.79. The van der Waals surface area contributed by atoms with Crippen molar-refractivity contribution in [2.24, 2.45) is 0 Å². The van der Waals surface area contributed by atoms with E-state index < -0.39 is 11.7 Å². The molecule has 0 saturated carbocycles. The van der Waals surface area contributed by atoms with Gasteiger partial charge >= 0.3 is 5.91 Å². The zero-order valence-electron chi connectivity index (χ0n) is 16.8. The van der Waals surface area contributed by atoms with E-state index in [4.69, 9.17) is 0 Å². The summed E-state index contributed by atoms with van der Waals surface area (Å²) in [5.41, 5.74) is 1.80. The van der Waals surface area contributed by atoms with Crippen molar-refractivity contribution >= 4 is 34.6 Å². The summed E-state index contributed by atoms with van der Waals surface area (Å²) in [4.78, 5) is 46.0. The summed E-state index contributed by atoms with van der Waals surface area (Å²) in [5.74, 6) is -2.23. The molecule has 0 radical (unpaired) electrons. The Hall–Kier alpha value is -4.26. The van der Waals surface area contributed by atoms with Crippen LogP contribution >= 0.6 is 0 Å². The van der Waals surface area contributed by atoms with Crippen molar-refractivity contribution in [2.45, 2.75) is 13.8 Å². The summed E-state index contributed by atoms with van der Waals surface area (Å²) in [6.45, 7) is 2.50. The molecule has 7 heteroatoms. The monoisotopic (exact) mass is 417 g/mol. The number of hydrogen-bond donors (Lipinski definition) is 2. The number of fused-ring (bicyclic) bond motifs is 1. The van der Waals surface area contributed by atoms with Gasteiger partial charge in [-0.25, -0.2) is 0 Å². The number of nitrogens with zero attached hydrogens (tertiary/aromatic N) is 1. The van der Waals surface area contributed by atoms with Gasteiger partial charge in [0.1, 0.15) is 11.5 Å². The first-order chi connectivity index (χ1) is 14.7. The number of rotatable bonds is 3. The maximum absolute atomic E-state index is 12.6. The Bertz CT molecular complexity index is 1200. The highest BCUT2D eigenvalue weighted by atomic mass is 16.3. The van der Waals surface area contributed by atoms with Crippen molar-refractivity contribution in [2.75, 3.05) is 4.90 Å². The van der Waals surface area contributed by atoms with E-state index in [2.05, 4.69) is 0 Å². The quantitative estimate of drug-likeness (QED) is 0.627. The number of anilines is 2. The largest absolute Gasteiger partial charge is 0.507 e. The minimum absolute atomic E-state index is 0.0251. The van der Waals surface area contributed by atoms with Crippen LogP contribution in [0.3, 0.4) is 0 Å². The van der Waals surface area contributed by atoms with E-state index in [0.29, 0.717) is 16.8 Å². The van der Waals surface area contributed by atoms with Crippen LogP contribution in [0.1, 0.15) is 24.2 Å². The molecule has 156 valence electrons. The lowest BCUT2D eigenvalue weighted by Gasteiger charge is -2.18. The van der Waals surface area contributed by atoms with Gasteiger partial charge in [-0.05, 0) is 29.8 Å². The fourth-order valence-corrected chi connectivity index (χ4v) is 3.10. The number of Topliss-reactive ketones (excluding diaryl/α,β-unsaturated/α-hetero) is 3. The molecule has 0 saturated heterocycles. The first kappa shape index (κ1) is 21.4. The van der Waals surface area contributed by atoms with Gasteiger partial charge in [0.15, 0.2) is 11.6 Å². The number of phenolic OH excluding ortho intramolecular Hbond substituents is 2. The fourth-order valence-electron chi connectivity index (χ4n) is 3.10. The normalized spacial score (nSPS) is 12.1. The second kappa shape index (κ2) is 8.62.